The van der Waals surface area contributed by atoms with Gasteiger partial charge in [-0.25, -0.2) is 0 Å². The van der Waals surface area contributed by atoms with Crippen LogP contribution >= 0.6 is 0 Å². The predicted octanol–water partition coefficient (Wildman–Crippen LogP) is 0.290. The summed E-state index contributed by atoms with van der Waals surface area (Å²) in [7, 11) is 1.80. The lowest BCUT2D eigenvalue weighted by atomic mass is 10.2. The van der Waals surface area contributed by atoms with E-state index in [2.05, 4.69) is 20.6 Å². The van der Waals surface area contributed by atoms with Crippen molar-refractivity contribution in [2.24, 2.45) is 7.05 Å². The molecule has 0 atom stereocenters. The molecule has 2 heterocycles. The smallest absolute Gasteiger partial charge is 0.343 e. The Bertz CT molecular complexity index is 629. The van der Waals surface area contributed by atoms with Gasteiger partial charge in [0.15, 0.2) is 5.69 Å². The molecule has 0 aliphatic heterocycles. The summed E-state index contributed by atoms with van der Waals surface area (Å²) in [4.78, 5) is 21.5. The van der Waals surface area contributed by atoms with Gasteiger partial charge in [0.1, 0.15) is 0 Å². The number of nitro groups is 1. The molecule has 0 aliphatic rings. The molecular weight excluding hydrogens is 252 g/mol. The number of hydrogen-bond acceptors (Lipinski definition) is 5. The van der Waals surface area contributed by atoms with Crippen LogP contribution in [0.5, 0.6) is 0 Å². The Morgan fingerprint density at radius 3 is 2.89 bits per heavy atom. The molecule has 2 N–H and O–H groups in total. The van der Waals surface area contributed by atoms with E-state index in [1.165, 1.54) is 0 Å². The van der Waals surface area contributed by atoms with Gasteiger partial charge in [-0.15, -0.1) is 5.10 Å². The van der Waals surface area contributed by atoms with E-state index < -0.39 is 10.8 Å². The van der Waals surface area contributed by atoms with Gasteiger partial charge in [0.25, 0.3) is 5.91 Å². The minimum atomic E-state index is -0.644. The van der Waals surface area contributed by atoms with Crippen LogP contribution < -0.4 is 5.32 Å². The van der Waals surface area contributed by atoms with E-state index in [4.69, 9.17) is 0 Å². The van der Waals surface area contributed by atoms with E-state index in [1.807, 2.05) is 6.92 Å². The van der Waals surface area contributed by atoms with Crippen molar-refractivity contribution in [1.29, 1.82) is 0 Å². The lowest BCUT2D eigenvalue weighted by molar-refractivity contribution is -0.389. The third-order valence-electron chi connectivity index (χ3n) is 2.77. The van der Waals surface area contributed by atoms with Crippen molar-refractivity contribution < 1.29 is 9.72 Å². The highest BCUT2D eigenvalue weighted by atomic mass is 16.6. The van der Waals surface area contributed by atoms with Crippen molar-refractivity contribution in [3.63, 3.8) is 0 Å². The molecule has 9 nitrogen and oxygen atoms in total. The summed E-state index contributed by atoms with van der Waals surface area (Å²) in [6.45, 7) is 2.17. The molecule has 2 rings (SSSR count). The van der Waals surface area contributed by atoms with Gasteiger partial charge >= 0.3 is 5.82 Å². The topological polar surface area (TPSA) is 119 Å². The van der Waals surface area contributed by atoms with Gasteiger partial charge < -0.3 is 15.4 Å². The van der Waals surface area contributed by atoms with Crippen LogP contribution in [0.3, 0.4) is 0 Å². The SMILES string of the molecule is Cc1c(CNC(=O)c2cc([N+](=O)[O-])[nH]n2)cnn1C. The highest BCUT2D eigenvalue weighted by molar-refractivity contribution is 5.92. The minimum Gasteiger partial charge on any atom is -0.358 e. The third-order valence-corrected chi connectivity index (χ3v) is 2.77. The minimum absolute atomic E-state index is 0.0201. The van der Waals surface area contributed by atoms with Crippen molar-refractivity contribution >= 4 is 11.7 Å². The number of rotatable bonds is 4. The van der Waals surface area contributed by atoms with Crippen LogP contribution in [0.4, 0.5) is 5.82 Å². The molecular formula is C10H12N6O3. The molecule has 1 amide bonds. The number of nitrogens with zero attached hydrogens (tertiary/aromatic N) is 4. The Morgan fingerprint density at radius 1 is 1.63 bits per heavy atom. The van der Waals surface area contributed by atoms with Gasteiger partial charge in [0, 0.05) is 24.8 Å². The van der Waals surface area contributed by atoms with Crippen LogP contribution in [-0.2, 0) is 13.6 Å². The normalized spacial score (nSPS) is 10.4. The van der Waals surface area contributed by atoms with Crippen LogP contribution in [0.1, 0.15) is 21.7 Å². The summed E-state index contributed by atoms with van der Waals surface area (Å²) < 4.78 is 1.70. The number of aromatic amines is 1. The second-order valence-corrected chi connectivity index (χ2v) is 3.96. The van der Waals surface area contributed by atoms with Gasteiger partial charge in [-0.1, -0.05) is 5.10 Å². The number of H-pyrrole nitrogens is 1. The molecule has 2 aromatic heterocycles. The first-order chi connectivity index (χ1) is 8.99. The fourth-order valence-electron chi connectivity index (χ4n) is 1.51. The predicted molar refractivity (Wildman–Crippen MR) is 64.4 cm³/mol. The number of carbonyl (C=O) groups is 1. The zero-order valence-corrected chi connectivity index (χ0v) is 10.4. The second kappa shape index (κ2) is 4.88. The quantitative estimate of drug-likeness (QED) is 0.607. The van der Waals surface area contributed by atoms with Crippen molar-refractivity contribution in [3.8, 4) is 0 Å². The van der Waals surface area contributed by atoms with E-state index in [9.17, 15) is 14.9 Å². The molecule has 0 aliphatic carbocycles. The first-order valence-corrected chi connectivity index (χ1v) is 5.44. The summed E-state index contributed by atoms with van der Waals surface area (Å²) in [5.74, 6) is -0.796. The first kappa shape index (κ1) is 12.7. The molecule has 0 unspecified atom stereocenters. The Hall–Kier alpha value is -2.71. The molecule has 19 heavy (non-hydrogen) atoms. The zero-order valence-electron chi connectivity index (χ0n) is 10.4. The number of hydrogen-bond donors (Lipinski definition) is 2. The zero-order chi connectivity index (χ0) is 14.0. The van der Waals surface area contributed by atoms with E-state index in [1.54, 1.807) is 17.9 Å². The maximum absolute atomic E-state index is 11.7. The van der Waals surface area contributed by atoms with E-state index >= 15 is 0 Å². The summed E-state index contributed by atoms with van der Waals surface area (Å²) in [5.41, 5.74) is 1.79. The first-order valence-electron chi connectivity index (χ1n) is 5.44. The summed E-state index contributed by atoms with van der Waals surface area (Å²) in [6, 6.07) is 1.09. The summed E-state index contributed by atoms with van der Waals surface area (Å²) in [6.07, 6.45) is 1.66. The van der Waals surface area contributed by atoms with Crippen molar-refractivity contribution in [2.75, 3.05) is 0 Å². The molecule has 0 saturated heterocycles. The summed E-state index contributed by atoms with van der Waals surface area (Å²) >= 11 is 0. The van der Waals surface area contributed by atoms with Gasteiger partial charge in [-0.3, -0.25) is 9.48 Å². The van der Waals surface area contributed by atoms with Crippen LogP contribution in [-0.4, -0.2) is 30.8 Å². The summed E-state index contributed by atoms with van der Waals surface area (Å²) in [5, 5.41) is 22.9. The molecule has 0 bridgehead atoms. The molecule has 2 aromatic rings. The maximum Gasteiger partial charge on any atom is 0.343 e. The van der Waals surface area contributed by atoms with Crippen molar-refractivity contribution in [1.82, 2.24) is 25.3 Å². The maximum atomic E-state index is 11.7. The van der Waals surface area contributed by atoms with E-state index in [-0.39, 0.29) is 11.5 Å². The van der Waals surface area contributed by atoms with E-state index in [0.717, 1.165) is 17.3 Å². The fourth-order valence-corrected chi connectivity index (χ4v) is 1.51. The fraction of sp³-hybridized carbons (Fsp3) is 0.300. The second-order valence-electron chi connectivity index (χ2n) is 3.96. The number of aryl methyl sites for hydroxylation is 1. The van der Waals surface area contributed by atoms with Crippen LogP contribution in [0.15, 0.2) is 12.3 Å². The third kappa shape index (κ3) is 2.59. The standard InChI is InChI=1S/C10H12N6O3/c1-6-7(5-12-15(6)2)4-11-10(17)8-3-9(14-13-8)16(18)19/h3,5H,4H2,1-2H3,(H,11,17)(H,13,14). The van der Waals surface area contributed by atoms with Crippen molar-refractivity contribution in [2.45, 2.75) is 13.5 Å². The van der Waals surface area contributed by atoms with Gasteiger partial charge in [-0.2, -0.15) is 5.10 Å². The number of amides is 1. The molecule has 0 fully saturated rings. The molecule has 0 spiro atoms. The van der Waals surface area contributed by atoms with Crippen LogP contribution in [0.2, 0.25) is 0 Å². The number of carbonyl (C=O) groups excluding carboxylic acids is 1. The molecule has 0 radical (unpaired) electrons. The van der Waals surface area contributed by atoms with E-state index in [0.29, 0.717) is 6.54 Å². The number of aromatic nitrogens is 4. The van der Waals surface area contributed by atoms with Crippen LogP contribution in [0.25, 0.3) is 0 Å². The lowest BCUT2D eigenvalue weighted by Crippen LogP contribution is -2.23. The Morgan fingerprint density at radius 2 is 2.37 bits per heavy atom. The number of nitrogens with one attached hydrogen (secondary N) is 2. The molecule has 0 aromatic carbocycles. The molecule has 9 heteroatoms. The Labute approximate surface area is 107 Å². The monoisotopic (exact) mass is 264 g/mol. The average molecular weight is 264 g/mol. The highest BCUT2D eigenvalue weighted by Gasteiger charge is 2.16. The van der Waals surface area contributed by atoms with Gasteiger partial charge in [0.2, 0.25) is 0 Å². The Kier molecular flexibility index (Phi) is 3.27. The molecule has 0 saturated carbocycles. The lowest BCUT2D eigenvalue weighted by Gasteiger charge is -2.02. The highest BCUT2D eigenvalue weighted by Crippen LogP contribution is 2.09. The van der Waals surface area contributed by atoms with Crippen molar-refractivity contribution in [3.05, 3.63) is 39.3 Å². The van der Waals surface area contributed by atoms with Gasteiger partial charge in [-0.05, 0) is 11.8 Å². The largest absolute Gasteiger partial charge is 0.358 e. The van der Waals surface area contributed by atoms with Crippen LogP contribution in [0, 0.1) is 17.0 Å². The Balaban J connectivity index is 2.01. The molecule has 100 valence electrons. The average Bonchev–Trinajstić information content (AvgIpc) is 2.97. The van der Waals surface area contributed by atoms with Gasteiger partial charge in [0.05, 0.1) is 12.3 Å².